The number of hydrogen-bond acceptors (Lipinski definition) is 6. The highest BCUT2D eigenvalue weighted by Gasteiger charge is 2.20. The van der Waals surface area contributed by atoms with Crippen molar-refractivity contribution in [2.75, 3.05) is 13.4 Å². The summed E-state index contributed by atoms with van der Waals surface area (Å²) in [4.78, 5) is 11.9. The minimum Gasteiger partial charge on any atom is -0.454 e. The minimum atomic E-state index is -0.793. The van der Waals surface area contributed by atoms with Crippen LogP contribution in [-0.2, 0) is 26.2 Å². The maximum absolute atomic E-state index is 11.9. The molecule has 0 saturated carbocycles. The topological polar surface area (TPSA) is 86.4 Å². The van der Waals surface area contributed by atoms with Gasteiger partial charge in [0, 0.05) is 6.54 Å². The van der Waals surface area contributed by atoms with Crippen molar-refractivity contribution >= 4 is 17.5 Å². The van der Waals surface area contributed by atoms with Crippen LogP contribution in [-0.4, -0.2) is 29.3 Å². The van der Waals surface area contributed by atoms with Crippen LogP contribution in [0.3, 0.4) is 0 Å². The summed E-state index contributed by atoms with van der Waals surface area (Å²) in [5, 5.41) is 14.5. The van der Waals surface area contributed by atoms with Gasteiger partial charge in [0.15, 0.2) is 5.76 Å². The van der Waals surface area contributed by atoms with E-state index in [2.05, 4.69) is 38.9 Å². The Morgan fingerprint density at radius 1 is 1.09 bits per heavy atom. The van der Waals surface area contributed by atoms with Gasteiger partial charge >= 0.3 is 6.16 Å². The molecule has 1 heterocycles. The van der Waals surface area contributed by atoms with Crippen LogP contribution in [0.25, 0.3) is 11.3 Å². The van der Waals surface area contributed by atoms with Crippen molar-refractivity contribution in [3.05, 3.63) is 52.8 Å². The van der Waals surface area contributed by atoms with E-state index in [9.17, 15) is 10.1 Å². The molecule has 0 atom stereocenters. The van der Waals surface area contributed by atoms with Crippen molar-refractivity contribution in [1.82, 2.24) is 9.78 Å². The van der Waals surface area contributed by atoms with Gasteiger partial charge in [0.2, 0.25) is 6.79 Å². The number of nitriles is 1. The number of unbranched alkanes of at least 4 members (excludes halogenated alkanes) is 2. The second-order valence-electron chi connectivity index (χ2n) is 8.84. The molecule has 0 aliphatic rings. The van der Waals surface area contributed by atoms with E-state index in [1.165, 1.54) is 0 Å². The van der Waals surface area contributed by atoms with E-state index < -0.39 is 6.16 Å². The van der Waals surface area contributed by atoms with Gasteiger partial charge in [-0.15, -0.1) is 0 Å². The molecule has 0 unspecified atom stereocenters. The van der Waals surface area contributed by atoms with E-state index in [1.54, 1.807) is 4.68 Å². The van der Waals surface area contributed by atoms with Crippen LogP contribution < -0.4 is 0 Å². The number of carbonyl (C=O) groups is 1. The number of rotatable bonds is 10. The first-order valence-corrected chi connectivity index (χ1v) is 11.4. The number of benzene rings is 1. The van der Waals surface area contributed by atoms with E-state index in [4.69, 9.17) is 14.2 Å². The Balaban J connectivity index is 2.32. The molecule has 178 valence electrons. The smallest absolute Gasteiger partial charge is 0.454 e. The number of aromatic nitrogens is 2. The molecular weight excluding hydrogens is 418 g/mol. The van der Waals surface area contributed by atoms with Crippen molar-refractivity contribution in [3.63, 3.8) is 0 Å². The summed E-state index contributed by atoms with van der Waals surface area (Å²) in [6.07, 6.45) is 2.01. The number of aryl methyl sites for hydroxylation is 2. The fourth-order valence-electron chi connectivity index (χ4n) is 3.31. The van der Waals surface area contributed by atoms with Crippen LogP contribution in [0.2, 0.25) is 0 Å². The third kappa shape index (κ3) is 7.38. The Labute approximate surface area is 197 Å². The highest BCUT2D eigenvalue weighted by Crippen LogP contribution is 2.30. The summed E-state index contributed by atoms with van der Waals surface area (Å²) >= 11 is 0. The summed E-state index contributed by atoms with van der Waals surface area (Å²) < 4.78 is 17.8. The predicted molar refractivity (Wildman–Crippen MR) is 128 cm³/mol. The van der Waals surface area contributed by atoms with Crippen LogP contribution in [0.5, 0.6) is 0 Å². The normalized spacial score (nSPS) is 12.0. The Kier molecular flexibility index (Phi) is 9.53. The summed E-state index contributed by atoms with van der Waals surface area (Å²) in [6, 6.07) is 12.0. The van der Waals surface area contributed by atoms with Crippen LogP contribution in [0.1, 0.15) is 76.4 Å². The van der Waals surface area contributed by atoms with Crippen LogP contribution >= 0.6 is 0 Å². The molecule has 2 rings (SSSR count). The van der Waals surface area contributed by atoms with Gasteiger partial charge < -0.3 is 14.2 Å². The van der Waals surface area contributed by atoms with E-state index in [0.29, 0.717) is 35.7 Å². The summed E-state index contributed by atoms with van der Waals surface area (Å²) in [7, 11) is 0. The van der Waals surface area contributed by atoms with Gasteiger partial charge in [-0.2, -0.15) is 10.4 Å². The van der Waals surface area contributed by atoms with Crippen molar-refractivity contribution in [1.29, 1.82) is 5.26 Å². The number of ether oxygens (including phenoxy) is 3. The lowest BCUT2D eigenvalue weighted by Crippen LogP contribution is -2.13. The maximum Gasteiger partial charge on any atom is 0.511 e. The Hall–Kier alpha value is -3.27. The first kappa shape index (κ1) is 26.0. The van der Waals surface area contributed by atoms with Gasteiger partial charge in [-0.1, -0.05) is 64.8 Å². The molecule has 0 amide bonds. The molecular formula is C26H35N3O4. The zero-order chi connectivity index (χ0) is 24.4. The number of nitrogens with zero attached hydrogens (tertiary/aromatic N) is 3. The molecule has 2 aromatic rings. The van der Waals surface area contributed by atoms with Crippen molar-refractivity contribution in [2.45, 2.75) is 72.8 Å². The summed E-state index contributed by atoms with van der Waals surface area (Å²) in [6.45, 7) is 12.9. The van der Waals surface area contributed by atoms with Gasteiger partial charge in [0.25, 0.3) is 0 Å². The Morgan fingerprint density at radius 2 is 1.79 bits per heavy atom. The van der Waals surface area contributed by atoms with Crippen molar-refractivity contribution in [3.8, 4) is 6.07 Å². The summed E-state index contributed by atoms with van der Waals surface area (Å²) in [5.74, 6) is 0.308. The molecule has 0 radical (unpaired) electrons. The highest BCUT2D eigenvalue weighted by molar-refractivity contribution is 5.94. The van der Waals surface area contributed by atoms with Crippen LogP contribution in [0.15, 0.2) is 30.3 Å². The van der Waals surface area contributed by atoms with Crippen LogP contribution in [0.4, 0.5) is 4.79 Å². The van der Waals surface area contributed by atoms with E-state index in [-0.39, 0.29) is 12.2 Å². The molecule has 0 fully saturated rings. The molecule has 33 heavy (non-hydrogen) atoms. The SMILES string of the molecule is CCCCCOC(=O)OCO/C(=C(/C#N)c1ccc(C(C)(C)C)cc1)c1cc(C)nn1CC. The average molecular weight is 454 g/mol. The van der Waals surface area contributed by atoms with E-state index in [1.807, 2.05) is 44.2 Å². The average Bonchev–Trinajstić information content (AvgIpc) is 3.16. The largest absolute Gasteiger partial charge is 0.511 e. The third-order valence-corrected chi connectivity index (χ3v) is 5.16. The lowest BCUT2D eigenvalue weighted by molar-refractivity contribution is -0.00615. The number of allylic oxidation sites excluding steroid dienone is 1. The molecule has 0 aliphatic carbocycles. The quantitative estimate of drug-likeness (QED) is 0.140. The second kappa shape index (κ2) is 12.1. The zero-order valence-electron chi connectivity index (χ0n) is 20.6. The fourth-order valence-corrected chi connectivity index (χ4v) is 3.31. The van der Waals surface area contributed by atoms with Gasteiger partial charge in [0.1, 0.15) is 17.3 Å². The standard InChI is InChI=1S/C26H35N3O4/c1-7-9-10-15-31-25(30)33-18-32-24(23-16-19(3)28-29(23)8-2)22(17-27)20-11-13-21(14-12-20)26(4,5)6/h11-14,16H,7-10,15,18H2,1-6H3/b24-22-. The van der Waals surface area contributed by atoms with Crippen molar-refractivity contribution < 1.29 is 19.0 Å². The minimum absolute atomic E-state index is 0.00233. The Bertz CT molecular complexity index is 992. The monoisotopic (exact) mass is 453 g/mol. The van der Waals surface area contributed by atoms with Crippen molar-refractivity contribution in [2.24, 2.45) is 0 Å². The lowest BCUT2D eigenvalue weighted by Gasteiger charge is -2.19. The zero-order valence-corrected chi connectivity index (χ0v) is 20.6. The number of hydrogen-bond donors (Lipinski definition) is 0. The molecule has 1 aromatic carbocycles. The molecule has 0 saturated heterocycles. The molecule has 0 bridgehead atoms. The molecule has 7 heteroatoms. The molecule has 0 spiro atoms. The first-order chi connectivity index (χ1) is 15.7. The van der Waals surface area contributed by atoms with Gasteiger partial charge in [-0.25, -0.2) is 4.79 Å². The van der Waals surface area contributed by atoms with E-state index >= 15 is 0 Å². The first-order valence-electron chi connectivity index (χ1n) is 11.4. The predicted octanol–water partition coefficient (Wildman–Crippen LogP) is 6.22. The Morgan fingerprint density at radius 3 is 2.36 bits per heavy atom. The molecule has 7 nitrogen and oxygen atoms in total. The molecule has 1 aromatic heterocycles. The molecule has 0 N–H and O–H groups in total. The highest BCUT2D eigenvalue weighted by atomic mass is 16.8. The van der Waals surface area contributed by atoms with Gasteiger partial charge in [0.05, 0.1) is 12.3 Å². The molecule has 0 aliphatic heterocycles. The van der Waals surface area contributed by atoms with Crippen LogP contribution in [0, 0.1) is 18.3 Å². The third-order valence-electron chi connectivity index (χ3n) is 5.16. The summed E-state index contributed by atoms with van der Waals surface area (Å²) in [5.41, 5.74) is 3.65. The van der Waals surface area contributed by atoms with Gasteiger partial charge in [-0.3, -0.25) is 4.68 Å². The maximum atomic E-state index is 11.9. The van der Waals surface area contributed by atoms with E-state index in [0.717, 1.165) is 30.5 Å². The number of carbonyl (C=O) groups excluding carboxylic acids is 1. The van der Waals surface area contributed by atoms with Gasteiger partial charge in [-0.05, 0) is 42.9 Å². The lowest BCUT2D eigenvalue weighted by atomic mass is 9.86. The second-order valence-corrected chi connectivity index (χ2v) is 8.84. The fraction of sp³-hybridized carbons (Fsp3) is 0.500.